The van der Waals surface area contributed by atoms with E-state index in [1.807, 2.05) is 20.8 Å². The van der Waals surface area contributed by atoms with Gasteiger partial charge in [-0.1, -0.05) is 41.9 Å². The summed E-state index contributed by atoms with van der Waals surface area (Å²) < 4.78 is 16.4. The van der Waals surface area contributed by atoms with Crippen molar-refractivity contribution in [3.63, 3.8) is 0 Å². The van der Waals surface area contributed by atoms with Crippen LogP contribution in [0.25, 0.3) is 0 Å². The van der Waals surface area contributed by atoms with Gasteiger partial charge in [0, 0.05) is 46.8 Å². The topological polar surface area (TPSA) is 123 Å². The van der Waals surface area contributed by atoms with Gasteiger partial charge < -0.3 is 24.6 Å². The van der Waals surface area contributed by atoms with Gasteiger partial charge >= 0.3 is 0 Å². The highest BCUT2D eigenvalue weighted by Crippen LogP contribution is 2.39. The molecule has 0 saturated heterocycles. The van der Waals surface area contributed by atoms with Crippen molar-refractivity contribution in [1.29, 1.82) is 0 Å². The Morgan fingerprint density at radius 2 is 1.77 bits per heavy atom. The molecule has 4 rings (SSSR count). The summed E-state index contributed by atoms with van der Waals surface area (Å²) in [5.41, 5.74) is 0.295. The van der Waals surface area contributed by atoms with Crippen molar-refractivity contribution in [3.8, 4) is 11.5 Å². The molecule has 2 N–H and O–H groups in total. The van der Waals surface area contributed by atoms with Crippen LogP contribution in [0.15, 0.2) is 53.1 Å². The van der Waals surface area contributed by atoms with E-state index in [1.165, 1.54) is 4.90 Å². The van der Waals surface area contributed by atoms with Crippen molar-refractivity contribution < 1.29 is 28.4 Å². The van der Waals surface area contributed by atoms with Crippen LogP contribution >= 0.6 is 11.6 Å². The molecule has 212 valence electrons. The number of carbonyl (C=O) groups excluding carboxylic acids is 3. The van der Waals surface area contributed by atoms with Crippen LogP contribution < -0.4 is 25.0 Å². The lowest BCUT2D eigenvalue weighted by molar-refractivity contribution is -0.128. The van der Waals surface area contributed by atoms with Crippen molar-refractivity contribution in [2.75, 3.05) is 23.4 Å². The fourth-order valence-electron chi connectivity index (χ4n) is 4.18. The van der Waals surface area contributed by atoms with E-state index >= 15 is 0 Å². The van der Waals surface area contributed by atoms with Gasteiger partial charge in [0.05, 0.1) is 0 Å². The molecule has 3 amide bonds. The molecule has 2 heterocycles. The second-order valence-electron chi connectivity index (χ2n) is 10.1. The van der Waals surface area contributed by atoms with Crippen LogP contribution in [0.4, 0.5) is 11.5 Å². The van der Waals surface area contributed by atoms with E-state index < -0.39 is 29.3 Å². The van der Waals surface area contributed by atoms with Crippen molar-refractivity contribution in [2.24, 2.45) is 0 Å². The van der Waals surface area contributed by atoms with Gasteiger partial charge in [0.25, 0.3) is 0 Å². The minimum atomic E-state index is -1.13. The SMILES string of the molecule is CCC(C)(C)NC(=O)C(c1ccccc1Cl)N(C(=O)CCC(=O)Nc1cc(C)on1)c1ccc2c(c1)OCCO2. The van der Waals surface area contributed by atoms with Crippen LogP contribution in [0.2, 0.25) is 5.02 Å². The predicted molar refractivity (Wildman–Crippen MR) is 151 cm³/mol. The maximum Gasteiger partial charge on any atom is 0.248 e. The summed E-state index contributed by atoms with van der Waals surface area (Å²) in [4.78, 5) is 41.9. The van der Waals surface area contributed by atoms with Crippen LogP contribution in [-0.2, 0) is 14.4 Å². The Balaban J connectivity index is 1.71. The van der Waals surface area contributed by atoms with Gasteiger partial charge in [-0.3, -0.25) is 19.3 Å². The first-order valence-corrected chi connectivity index (χ1v) is 13.5. The number of carbonyl (C=O) groups is 3. The van der Waals surface area contributed by atoms with E-state index in [0.29, 0.717) is 53.2 Å². The fourth-order valence-corrected chi connectivity index (χ4v) is 4.41. The maximum atomic E-state index is 14.0. The molecule has 10 nitrogen and oxygen atoms in total. The monoisotopic (exact) mass is 568 g/mol. The van der Waals surface area contributed by atoms with Gasteiger partial charge in [-0.15, -0.1) is 0 Å². The van der Waals surface area contributed by atoms with Gasteiger partial charge in [0.1, 0.15) is 25.0 Å². The number of hydrogen-bond donors (Lipinski definition) is 2. The van der Waals surface area contributed by atoms with Gasteiger partial charge in [-0.05, 0) is 45.4 Å². The Bertz CT molecular complexity index is 1390. The van der Waals surface area contributed by atoms with Crippen LogP contribution in [0.5, 0.6) is 11.5 Å². The summed E-state index contributed by atoms with van der Waals surface area (Å²) in [6.45, 7) is 8.24. The van der Waals surface area contributed by atoms with Crippen LogP contribution in [0.1, 0.15) is 57.4 Å². The zero-order valence-corrected chi connectivity index (χ0v) is 23.7. The maximum absolute atomic E-state index is 14.0. The minimum absolute atomic E-state index is 0.150. The lowest BCUT2D eigenvalue weighted by atomic mass is 9.97. The normalized spacial score (nSPS) is 13.3. The minimum Gasteiger partial charge on any atom is -0.486 e. The van der Waals surface area contributed by atoms with Gasteiger partial charge in [-0.2, -0.15) is 0 Å². The summed E-state index contributed by atoms with van der Waals surface area (Å²) in [5, 5.41) is 9.75. The van der Waals surface area contributed by atoms with Crippen molar-refractivity contribution in [2.45, 2.75) is 58.5 Å². The van der Waals surface area contributed by atoms with E-state index in [1.54, 1.807) is 55.5 Å². The average molecular weight is 569 g/mol. The van der Waals surface area contributed by atoms with Crippen molar-refractivity contribution in [1.82, 2.24) is 10.5 Å². The molecule has 1 aliphatic heterocycles. The molecule has 1 aliphatic rings. The number of aromatic nitrogens is 1. The average Bonchev–Trinajstić information content (AvgIpc) is 3.34. The van der Waals surface area contributed by atoms with Crippen LogP contribution in [0.3, 0.4) is 0 Å². The summed E-state index contributed by atoms with van der Waals surface area (Å²) in [5.74, 6) is 0.495. The molecule has 2 aromatic carbocycles. The molecule has 1 aromatic heterocycles. The van der Waals surface area contributed by atoms with Crippen molar-refractivity contribution in [3.05, 3.63) is 64.9 Å². The third-order valence-corrected chi connectivity index (χ3v) is 6.93. The van der Waals surface area contributed by atoms with E-state index in [9.17, 15) is 14.4 Å². The second kappa shape index (κ2) is 12.4. The molecular formula is C29H33ClN4O6. The molecule has 0 fully saturated rings. The van der Waals surface area contributed by atoms with Crippen LogP contribution in [0, 0.1) is 6.92 Å². The number of ether oxygens (including phenoxy) is 2. The molecular weight excluding hydrogens is 536 g/mol. The molecule has 1 atom stereocenters. The van der Waals surface area contributed by atoms with E-state index in [-0.39, 0.29) is 18.7 Å². The first kappa shape index (κ1) is 28.9. The number of nitrogens with zero attached hydrogens (tertiary/aromatic N) is 2. The number of halogens is 1. The Hall–Kier alpha value is -4.05. The number of benzene rings is 2. The van der Waals surface area contributed by atoms with E-state index in [4.69, 9.17) is 25.6 Å². The largest absolute Gasteiger partial charge is 0.486 e. The molecule has 0 saturated carbocycles. The van der Waals surface area contributed by atoms with E-state index in [0.717, 1.165) is 0 Å². The number of anilines is 2. The molecule has 1 unspecified atom stereocenters. The van der Waals surface area contributed by atoms with Gasteiger partial charge in [0.2, 0.25) is 17.7 Å². The van der Waals surface area contributed by atoms with E-state index in [2.05, 4.69) is 15.8 Å². The Morgan fingerprint density at radius 1 is 1.05 bits per heavy atom. The number of aryl methyl sites for hydroxylation is 1. The molecule has 0 aliphatic carbocycles. The number of amides is 3. The first-order chi connectivity index (χ1) is 19.1. The molecule has 0 bridgehead atoms. The van der Waals surface area contributed by atoms with Crippen LogP contribution in [-0.4, -0.2) is 41.6 Å². The Morgan fingerprint density at radius 3 is 2.45 bits per heavy atom. The lowest BCUT2D eigenvalue weighted by Gasteiger charge is -2.35. The summed E-state index contributed by atoms with van der Waals surface area (Å²) in [6, 6.07) is 12.4. The predicted octanol–water partition coefficient (Wildman–Crippen LogP) is 5.21. The third kappa shape index (κ3) is 6.93. The summed E-state index contributed by atoms with van der Waals surface area (Å²) in [7, 11) is 0. The molecule has 0 radical (unpaired) electrons. The molecule has 3 aromatic rings. The summed E-state index contributed by atoms with van der Waals surface area (Å²) >= 11 is 6.60. The molecule has 40 heavy (non-hydrogen) atoms. The third-order valence-electron chi connectivity index (χ3n) is 6.59. The van der Waals surface area contributed by atoms with Gasteiger partial charge in [0.15, 0.2) is 17.3 Å². The lowest BCUT2D eigenvalue weighted by Crippen LogP contribution is -2.50. The smallest absolute Gasteiger partial charge is 0.248 e. The Labute approximate surface area is 237 Å². The second-order valence-corrected chi connectivity index (χ2v) is 10.5. The Kier molecular flexibility index (Phi) is 8.99. The standard InChI is InChI=1S/C29H33ClN4O6/c1-5-29(3,4)32-28(37)27(20-8-6-7-9-21(20)30)34(19-10-11-22-23(17-19)39-15-14-38-22)26(36)13-12-25(35)31-24-16-18(2)40-33-24/h6-11,16-17,27H,5,12-15H2,1-4H3,(H,32,37)(H,31,33,35). The first-order valence-electron chi connectivity index (χ1n) is 13.1. The zero-order valence-electron chi connectivity index (χ0n) is 23.0. The highest BCUT2D eigenvalue weighted by Gasteiger charge is 2.36. The van der Waals surface area contributed by atoms with Crippen molar-refractivity contribution >= 4 is 40.8 Å². The quantitative estimate of drug-likeness (QED) is 0.344. The number of rotatable bonds is 10. The highest BCUT2D eigenvalue weighted by atomic mass is 35.5. The fraction of sp³-hybridized carbons (Fsp3) is 0.379. The van der Waals surface area contributed by atoms with Gasteiger partial charge in [-0.25, -0.2) is 0 Å². The zero-order chi connectivity index (χ0) is 28.9. The number of nitrogens with one attached hydrogen (secondary N) is 2. The molecule has 11 heteroatoms. The highest BCUT2D eigenvalue weighted by molar-refractivity contribution is 6.31. The summed E-state index contributed by atoms with van der Waals surface area (Å²) in [6.07, 6.45) is 0.319. The molecule has 0 spiro atoms. The number of fused-ring (bicyclic) bond motifs is 1. The number of hydrogen-bond acceptors (Lipinski definition) is 7.